The highest BCUT2D eigenvalue weighted by molar-refractivity contribution is 6.00. The summed E-state index contributed by atoms with van der Waals surface area (Å²) in [5, 5.41) is 12.3. The number of likely N-dealkylation sites (tertiary alicyclic amines) is 1. The van der Waals surface area contributed by atoms with Crippen LogP contribution < -0.4 is 5.32 Å². The number of nitrogens with one attached hydrogen (secondary N) is 1. The number of rotatable bonds is 4. The Morgan fingerprint density at radius 3 is 2.35 bits per heavy atom. The Balaban J connectivity index is 1.74. The summed E-state index contributed by atoms with van der Waals surface area (Å²) >= 11 is 0. The zero-order valence-corrected chi connectivity index (χ0v) is 13.0. The Kier molecular flexibility index (Phi) is 3.83. The van der Waals surface area contributed by atoms with Crippen molar-refractivity contribution in [3.63, 3.8) is 0 Å². The van der Waals surface area contributed by atoms with Gasteiger partial charge in [0.2, 0.25) is 0 Å². The maximum atomic E-state index is 12.6. The van der Waals surface area contributed by atoms with Gasteiger partial charge in [-0.2, -0.15) is 0 Å². The van der Waals surface area contributed by atoms with Crippen LogP contribution in [0.4, 0.5) is 0 Å². The molecule has 1 aliphatic carbocycles. The minimum Gasteiger partial charge on any atom is -0.480 e. The molecule has 0 bridgehead atoms. The second-order valence-electron chi connectivity index (χ2n) is 6.46. The quantitative estimate of drug-likeness (QED) is 0.884. The molecular weight excluding hydrogens is 296 g/mol. The van der Waals surface area contributed by atoms with Gasteiger partial charge in [-0.1, -0.05) is 0 Å². The fraction of sp³-hybridized carbons (Fsp3) is 0.471. The van der Waals surface area contributed by atoms with Crippen molar-refractivity contribution in [2.45, 2.75) is 44.2 Å². The van der Waals surface area contributed by atoms with Crippen molar-refractivity contribution >= 4 is 17.8 Å². The molecule has 6 heteroatoms. The molecule has 122 valence electrons. The average molecular weight is 316 g/mol. The molecule has 2 aliphatic rings. The van der Waals surface area contributed by atoms with Crippen LogP contribution in [-0.2, 0) is 4.79 Å². The largest absolute Gasteiger partial charge is 0.480 e. The van der Waals surface area contributed by atoms with Gasteiger partial charge in [0.1, 0.15) is 5.54 Å². The van der Waals surface area contributed by atoms with Crippen molar-refractivity contribution in [2.75, 3.05) is 6.54 Å². The SMILES string of the molecule is CC1(C(=O)O)CCCN1C(=O)c1ccc(C(=O)NC2CC2)cc1. The molecule has 23 heavy (non-hydrogen) atoms. The molecule has 0 spiro atoms. The van der Waals surface area contributed by atoms with Gasteiger partial charge in [0, 0.05) is 23.7 Å². The Morgan fingerprint density at radius 2 is 1.78 bits per heavy atom. The highest BCUT2D eigenvalue weighted by atomic mass is 16.4. The number of hydrogen-bond acceptors (Lipinski definition) is 3. The molecule has 1 saturated carbocycles. The third-order valence-electron chi connectivity index (χ3n) is 4.65. The number of nitrogens with zero attached hydrogens (tertiary/aromatic N) is 1. The molecule has 1 unspecified atom stereocenters. The van der Waals surface area contributed by atoms with Crippen LogP contribution in [0, 0.1) is 0 Å². The Morgan fingerprint density at radius 1 is 1.17 bits per heavy atom. The van der Waals surface area contributed by atoms with E-state index in [1.54, 1.807) is 31.2 Å². The van der Waals surface area contributed by atoms with Crippen LogP contribution in [0.2, 0.25) is 0 Å². The summed E-state index contributed by atoms with van der Waals surface area (Å²) in [6.07, 6.45) is 3.17. The van der Waals surface area contributed by atoms with Crippen LogP contribution in [0.5, 0.6) is 0 Å². The summed E-state index contributed by atoms with van der Waals surface area (Å²) in [6, 6.07) is 6.68. The second kappa shape index (κ2) is 5.68. The van der Waals surface area contributed by atoms with Crippen molar-refractivity contribution in [3.8, 4) is 0 Å². The monoisotopic (exact) mass is 316 g/mol. The number of hydrogen-bond donors (Lipinski definition) is 2. The van der Waals surface area contributed by atoms with E-state index in [0.717, 1.165) is 12.8 Å². The predicted molar refractivity (Wildman–Crippen MR) is 83.2 cm³/mol. The van der Waals surface area contributed by atoms with Gasteiger partial charge in [0.25, 0.3) is 11.8 Å². The third-order valence-corrected chi connectivity index (χ3v) is 4.65. The molecule has 2 amide bonds. The zero-order valence-electron chi connectivity index (χ0n) is 13.0. The van der Waals surface area contributed by atoms with E-state index in [-0.39, 0.29) is 17.9 Å². The molecular formula is C17H20N2O4. The highest BCUT2D eigenvalue weighted by Gasteiger charge is 2.46. The minimum atomic E-state index is -1.15. The molecule has 0 aromatic heterocycles. The van der Waals surface area contributed by atoms with E-state index < -0.39 is 11.5 Å². The predicted octanol–water partition coefficient (Wildman–Crippen LogP) is 1.66. The fourth-order valence-electron chi connectivity index (χ4n) is 2.93. The van der Waals surface area contributed by atoms with Crippen LogP contribution in [0.1, 0.15) is 53.3 Å². The lowest BCUT2D eigenvalue weighted by Crippen LogP contribution is -2.50. The maximum absolute atomic E-state index is 12.6. The Bertz CT molecular complexity index is 651. The molecule has 3 rings (SSSR count). The Hall–Kier alpha value is -2.37. The molecule has 1 aromatic carbocycles. The number of carbonyl (C=O) groups is 3. The molecule has 2 N–H and O–H groups in total. The smallest absolute Gasteiger partial charge is 0.329 e. The zero-order chi connectivity index (χ0) is 16.6. The van der Waals surface area contributed by atoms with E-state index in [9.17, 15) is 19.5 Å². The van der Waals surface area contributed by atoms with Crippen LogP contribution in [0.25, 0.3) is 0 Å². The van der Waals surface area contributed by atoms with Crippen LogP contribution in [-0.4, -0.2) is 45.9 Å². The molecule has 1 heterocycles. The fourth-order valence-corrected chi connectivity index (χ4v) is 2.93. The summed E-state index contributed by atoms with van der Waals surface area (Å²) in [6.45, 7) is 2.02. The van der Waals surface area contributed by atoms with E-state index in [1.165, 1.54) is 4.90 Å². The summed E-state index contributed by atoms with van der Waals surface area (Å²) in [7, 11) is 0. The van der Waals surface area contributed by atoms with E-state index in [4.69, 9.17) is 0 Å². The number of amides is 2. The van der Waals surface area contributed by atoms with Crippen molar-refractivity contribution < 1.29 is 19.5 Å². The van der Waals surface area contributed by atoms with Gasteiger partial charge in [0.15, 0.2) is 0 Å². The molecule has 1 saturated heterocycles. The summed E-state index contributed by atoms with van der Waals surface area (Å²) in [4.78, 5) is 37.4. The summed E-state index contributed by atoms with van der Waals surface area (Å²) < 4.78 is 0. The summed E-state index contributed by atoms with van der Waals surface area (Å²) in [5.41, 5.74) is -0.239. The normalized spacial score (nSPS) is 23.6. The lowest BCUT2D eigenvalue weighted by Gasteiger charge is -2.31. The van der Waals surface area contributed by atoms with Crippen molar-refractivity contribution in [1.29, 1.82) is 0 Å². The molecule has 6 nitrogen and oxygen atoms in total. The van der Waals surface area contributed by atoms with E-state index in [0.29, 0.717) is 30.5 Å². The van der Waals surface area contributed by atoms with Crippen LogP contribution in [0.15, 0.2) is 24.3 Å². The number of carbonyl (C=O) groups excluding carboxylic acids is 2. The number of benzene rings is 1. The van der Waals surface area contributed by atoms with Crippen LogP contribution in [0.3, 0.4) is 0 Å². The maximum Gasteiger partial charge on any atom is 0.329 e. The van der Waals surface area contributed by atoms with E-state index >= 15 is 0 Å². The van der Waals surface area contributed by atoms with Gasteiger partial charge in [-0.25, -0.2) is 4.79 Å². The topological polar surface area (TPSA) is 86.7 Å². The van der Waals surface area contributed by atoms with Gasteiger partial charge < -0.3 is 15.3 Å². The molecule has 1 atom stereocenters. The molecule has 2 fully saturated rings. The van der Waals surface area contributed by atoms with Crippen molar-refractivity contribution in [1.82, 2.24) is 10.2 Å². The van der Waals surface area contributed by atoms with Crippen LogP contribution >= 0.6 is 0 Å². The van der Waals surface area contributed by atoms with Gasteiger partial charge >= 0.3 is 5.97 Å². The van der Waals surface area contributed by atoms with Gasteiger partial charge in [-0.15, -0.1) is 0 Å². The standard InChI is InChI=1S/C17H20N2O4/c1-17(16(22)23)9-2-10-19(17)15(21)12-5-3-11(4-6-12)14(20)18-13-7-8-13/h3-6,13H,2,7-10H2,1H3,(H,18,20)(H,22,23). The minimum absolute atomic E-state index is 0.136. The third kappa shape index (κ3) is 2.93. The number of carboxylic acid groups (broad SMARTS) is 1. The van der Waals surface area contributed by atoms with Gasteiger partial charge in [-0.05, 0) is 56.9 Å². The van der Waals surface area contributed by atoms with E-state index in [2.05, 4.69) is 5.32 Å². The van der Waals surface area contributed by atoms with Gasteiger partial charge in [0.05, 0.1) is 0 Å². The first-order valence-electron chi connectivity index (χ1n) is 7.88. The van der Waals surface area contributed by atoms with Crippen molar-refractivity contribution in [2.24, 2.45) is 0 Å². The lowest BCUT2D eigenvalue weighted by atomic mass is 9.98. The number of carboxylic acids is 1. The van der Waals surface area contributed by atoms with Gasteiger partial charge in [-0.3, -0.25) is 9.59 Å². The highest BCUT2D eigenvalue weighted by Crippen LogP contribution is 2.30. The number of aliphatic carboxylic acids is 1. The first kappa shape index (κ1) is 15.5. The Labute approximate surface area is 134 Å². The average Bonchev–Trinajstić information content (AvgIpc) is 3.26. The molecule has 1 aliphatic heterocycles. The first-order valence-corrected chi connectivity index (χ1v) is 7.88. The van der Waals surface area contributed by atoms with Crippen molar-refractivity contribution in [3.05, 3.63) is 35.4 Å². The van der Waals surface area contributed by atoms with E-state index in [1.807, 2.05) is 0 Å². The summed E-state index contributed by atoms with van der Waals surface area (Å²) in [5.74, 6) is -1.42. The second-order valence-corrected chi connectivity index (χ2v) is 6.46. The first-order chi connectivity index (χ1) is 10.9. The molecule has 1 aromatic rings. The lowest BCUT2D eigenvalue weighted by molar-refractivity contribution is -0.147. The molecule has 0 radical (unpaired) electrons.